The highest BCUT2D eigenvalue weighted by atomic mass is 79.9. The van der Waals surface area contributed by atoms with Gasteiger partial charge in [-0.25, -0.2) is 0 Å². The van der Waals surface area contributed by atoms with Crippen LogP contribution < -0.4 is 0 Å². The van der Waals surface area contributed by atoms with Gasteiger partial charge in [-0.1, -0.05) is 0 Å². The predicted octanol–water partition coefficient (Wildman–Crippen LogP) is 1.56. The van der Waals surface area contributed by atoms with Gasteiger partial charge in [0.1, 0.15) is 5.56 Å². The summed E-state index contributed by atoms with van der Waals surface area (Å²) in [5, 5.41) is 10.3. The van der Waals surface area contributed by atoms with Crippen LogP contribution in [0.25, 0.3) is 0 Å². The lowest BCUT2D eigenvalue weighted by Gasteiger charge is -1.94. The Kier molecular flexibility index (Phi) is 2.49. The van der Waals surface area contributed by atoms with Crippen molar-refractivity contribution in [1.29, 1.82) is 0 Å². The van der Waals surface area contributed by atoms with Gasteiger partial charge in [-0.15, -0.1) is 0 Å². The molecule has 0 atom stereocenters. The molecule has 62 valence electrons. The summed E-state index contributed by atoms with van der Waals surface area (Å²) < 4.78 is 0.537. The second-order valence-electron chi connectivity index (χ2n) is 1.94. The molecule has 0 radical (unpaired) electrons. The zero-order chi connectivity index (χ0) is 9.14. The standard InChI is InChI=1S/C6H3BrN2O3/c7-5-1-4(3-10)6(8-2-5)9(11)12/h1-3H. The van der Waals surface area contributed by atoms with E-state index in [4.69, 9.17) is 0 Å². The fourth-order valence-corrected chi connectivity index (χ4v) is 1.04. The van der Waals surface area contributed by atoms with Crippen molar-refractivity contribution in [1.82, 2.24) is 4.98 Å². The molecule has 5 nitrogen and oxygen atoms in total. The zero-order valence-electron chi connectivity index (χ0n) is 5.73. The molecule has 1 rings (SSSR count). The molecule has 1 aromatic rings. The van der Waals surface area contributed by atoms with Crippen molar-refractivity contribution in [2.75, 3.05) is 0 Å². The summed E-state index contributed by atoms with van der Waals surface area (Å²) in [5.74, 6) is -0.423. The molecule has 0 aliphatic rings. The average molecular weight is 231 g/mol. The highest BCUT2D eigenvalue weighted by Crippen LogP contribution is 2.17. The number of nitro groups is 1. The summed E-state index contributed by atoms with van der Waals surface area (Å²) in [6.45, 7) is 0. The van der Waals surface area contributed by atoms with E-state index in [0.29, 0.717) is 10.8 Å². The van der Waals surface area contributed by atoms with Crippen molar-refractivity contribution in [3.63, 3.8) is 0 Å². The number of pyridine rings is 1. The molecule has 0 bridgehead atoms. The molecule has 0 spiro atoms. The Balaban J connectivity index is 3.29. The number of nitrogens with zero attached hydrogens (tertiary/aromatic N) is 2. The normalized spacial score (nSPS) is 9.42. The number of hydrogen-bond acceptors (Lipinski definition) is 4. The van der Waals surface area contributed by atoms with Gasteiger partial charge in [0.2, 0.25) is 0 Å². The Morgan fingerprint density at radius 1 is 1.67 bits per heavy atom. The second-order valence-corrected chi connectivity index (χ2v) is 2.86. The van der Waals surface area contributed by atoms with Crippen LogP contribution in [0, 0.1) is 10.1 Å². The molecule has 0 aliphatic heterocycles. The molecule has 12 heavy (non-hydrogen) atoms. The van der Waals surface area contributed by atoms with Crippen LogP contribution >= 0.6 is 15.9 Å². The number of halogens is 1. The summed E-state index contributed by atoms with van der Waals surface area (Å²) in [4.78, 5) is 23.4. The molecule has 0 saturated heterocycles. The van der Waals surface area contributed by atoms with E-state index in [1.54, 1.807) is 0 Å². The third-order valence-corrected chi connectivity index (χ3v) is 1.60. The Bertz CT molecular complexity index is 340. The van der Waals surface area contributed by atoms with Crippen molar-refractivity contribution in [3.8, 4) is 0 Å². The SMILES string of the molecule is O=Cc1cc(Br)cnc1[N+](=O)[O-]. The van der Waals surface area contributed by atoms with Crippen LogP contribution in [0.4, 0.5) is 5.82 Å². The van der Waals surface area contributed by atoms with E-state index >= 15 is 0 Å². The molecular weight excluding hydrogens is 228 g/mol. The molecule has 0 amide bonds. The number of rotatable bonds is 2. The zero-order valence-corrected chi connectivity index (χ0v) is 7.32. The molecule has 1 aromatic heterocycles. The van der Waals surface area contributed by atoms with E-state index in [9.17, 15) is 14.9 Å². The first-order valence-electron chi connectivity index (χ1n) is 2.90. The topological polar surface area (TPSA) is 73.1 Å². The van der Waals surface area contributed by atoms with Crippen LogP contribution in [0.2, 0.25) is 0 Å². The number of hydrogen-bond donors (Lipinski definition) is 0. The lowest BCUT2D eigenvalue weighted by molar-refractivity contribution is -0.389. The Morgan fingerprint density at radius 3 is 2.83 bits per heavy atom. The van der Waals surface area contributed by atoms with Crippen molar-refractivity contribution < 1.29 is 9.72 Å². The number of aromatic nitrogens is 1. The molecule has 0 N–H and O–H groups in total. The summed E-state index contributed by atoms with van der Waals surface area (Å²) in [7, 11) is 0. The third-order valence-electron chi connectivity index (χ3n) is 1.16. The van der Waals surface area contributed by atoms with Crippen LogP contribution in [0.3, 0.4) is 0 Å². The first kappa shape index (κ1) is 8.79. The minimum absolute atomic E-state index is 0.0330. The maximum atomic E-state index is 10.3. The first-order chi connectivity index (χ1) is 5.65. The fourth-order valence-electron chi connectivity index (χ4n) is 0.687. The second kappa shape index (κ2) is 3.40. The largest absolute Gasteiger partial charge is 0.374 e. The molecule has 0 unspecified atom stereocenters. The molecule has 6 heteroatoms. The predicted molar refractivity (Wildman–Crippen MR) is 44.0 cm³/mol. The molecule has 0 aromatic carbocycles. The first-order valence-corrected chi connectivity index (χ1v) is 3.69. The fraction of sp³-hybridized carbons (Fsp3) is 0. The van der Waals surface area contributed by atoms with Crippen LogP contribution in [-0.4, -0.2) is 16.2 Å². The summed E-state index contributed by atoms with van der Waals surface area (Å²) in [6.07, 6.45) is 1.67. The smallest absolute Gasteiger partial charge is 0.358 e. The van der Waals surface area contributed by atoms with Gasteiger partial charge in [0.05, 0.1) is 4.47 Å². The van der Waals surface area contributed by atoms with Gasteiger partial charge in [-0.2, -0.15) is 0 Å². The molecule has 0 fully saturated rings. The van der Waals surface area contributed by atoms with E-state index in [1.807, 2.05) is 0 Å². The van der Waals surface area contributed by atoms with Crippen molar-refractivity contribution in [2.24, 2.45) is 0 Å². The van der Waals surface area contributed by atoms with Crippen molar-refractivity contribution in [3.05, 3.63) is 32.4 Å². The van der Waals surface area contributed by atoms with E-state index < -0.39 is 10.7 Å². The highest BCUT2D eigenvalue weighted by Gasteiger charge is 2.14. The maximum absolute atomic E-state index is 10.3. The minimum Gasteiger partial charge on any atom is -0.358 e. The summed E-state index contributed by atoms with van der Waals surface area (Å²) in [5.41, 5.74) is -0.0330. The lowest BCUT2D eigenvalue weighted by Crippen LogP contribution is -1.97. The van der Waals surface area contributed by atoms with E-state index in [2.05, 4.69) is 20.9 Å². The molecular formula is C6H3BrN2O3. The van der Waals surface area contributed by atoms with Gasteiger partial charge < -0.3 is 10.1 Å². The maximum Gasteiger partial charge on any atom is 0.374 e. The molecule has 1 heterocycles. The monoisotopic (exact) mass is 230 g/mol. The molecule has 0 aliphatic carbocycles. The van der Waals surface area contributed by atoms with Gasteiger partial charge >= 0.3 is 5.82 Å². The Labute approximate surface area is 75.7 Å². The van der Waals surface area contributed by atoms with E-state index in [0.717, 1.165) is 0 Å². The molecule has 0 saturated carbocycles. The van der Waals surface area contributed by atoms with Gasteiger partial charge in [0.25, 0.3) is 0 Å². The van der Waals surface area contributed by atoms with Gasteiger partial charge in [0, 0.05) is 0 Å². The Hall–Kier alpha value is -1.30. The van der Waals surface area contributed by atoms with Crippen LogP contribution in [-0.2, 0) is 0 Å². The van der Waals surface area contributed by atoms with Gasteiger partial charge in [-0.05, 0) is 31.9 Å². The minimum atomic E-state index is -0.698. The lowest BCUT2D eigenvalue weighted by atomic mass is 10.3. The van der Waals surface area contributed by atoms with Crippen LogP contribution in [0.5, 0.6) is 0 Å². The van der Waals surface area contributed by atoms with E-state index in [-0.39, 0.29) is 5.56 Å². The van der Waals surface area contributed by atoms with Gasteiger partial charge in [-0.3, -0.25) is 4.79 Å². The number of carbonyl (C=O) groups excluding carboxylic acids is 1. The van der Waals surface area contributed by atoms with Crippen LogP contribution in [0.15, 0.2) is 16.7 Å². The quantitative estimate of drug-likeness (QED) is 0.439. The van der Waals surface area contributed by atoms with Crippen LogP contribution in [0.1, 0.15) is 10.4 Å². The average Bonchev–Trinajstić information content (AvgIpc) is 2.03. The summed E-state index contributed by atoms with van der Waals surface area (Å²) in [6, 6.07) is 1.35. The van der Waals surface area contributed by atoms with E-state index in [1.165, 1.54) is 12.3 Å². The number of aldehydes is 1. The van der Waals surface area contributed by atoms with Crippen molar-refractivity contribution in [2.45, 2.75) is 0 Å². The number of carbonyl (C=O) groups is 1. The van der Waals surface area contributed by atoms with Crippen molar-refractivity contribution >= 4 is 28.0 Å². The third kappa shape index (κ3) is 1.65. The Morgan fingerprint density at radius 2 is 2.33 bits per heavy atom. The summed E-state index contributed by atoms with van der Waals surface area (Å²) >= 11 is 3.04. The highest BCUT2D eigenvalue weighted by molar-refractivity contribution is 9.10. The van der Waals surface area contributed by atoms with Gasteiger partial charge in [0.15, 0.2) is 12.5 Å².